The maximum absolute atomic E-state index is 12.8. The number of hydrogen-bond acceptors (Lipinski definition) is 3. The zero-order valence-corrected chi connectivity index (χ0v) is 17.4. The number of nitrogens with one attached hydrogen (secondary N) is 1. The van der Waals surface area contributed by atoms with Crippen LogP contribution in [-0.2, 0) is 14.8 Å². The molecule has 4 nitrogen and oxygen atoms in total. The predicted molar refractivity (Wildman–Crippen MR) is 119 cm³/mol. The van der Waals surface area contributed by atoms with E-state index in [0.717, 1.165) is 0 Å². The van der Waals surface area contributed by atoms with Gasteiger partial charge in [0, 0.05) is 18.6 Å². The summed E-state index contributed by atoms with van der Waals surface area (Å²) in [5.41, 5.74) is 4.90. The number of benzene rings is 3. The monoisotopic (exact) mass is 416 g/mol. The van der Waals surface area contributed by atoms with E-state index in [9.17, 15) is 8.42 Å². The number of ether oxygens (including phenoxy) is 1. The molecule has 2 atom stereocenters. The Morgan fingerprint density at radius 3 is 2.10 bits per heavy atom. The van der Waals surface area contributed by atoms with Gasteiger partial charge in [-0.15, -0.1) is 0 Å². The summed E-state index contributed by atoms with van der Waals surface area (Å²) in [7, 11) is -1.32. The lowest BCUT2D eigenvalue weighted by Gasteiger charge is -2.38. The maximum Gasteiger partial charge on any atom is 0.240 e. The number of fused-ring (bicyclic) bond motifs is 2. The molecule has 1 N–H and O–H groups in total. The number of sulfonamides is 1. The molecule has 2 unspecified atom stereocenters. The van der Waals surface area contributed by atoms with Crippen molar-refractivity contribution in [3.05, 3.63) is 90.0 Å². The summed E-state index contributed by atoms with van der Waals surface area (Å²) in [5, 5.41) is 0. The van der Waals surface area contributed by atoms with Crippen LogP contribution in [0, 0.1) is 0 Å². The Balaban J connectivity index is 1.43. The van der Waals surface area contributed by atoms with E-state index in [1.165, 1.54) is 22.1 Å². The molecule has 6 heteroatoms. The fourth-order valence-electron chi connectivity index (χ4n) is 4.64. The van der Waals surface area contributed by atoms with Crippen LogP contribution in [0.15, 0.2) is 83.8 Å². The first kappa shape index (κ1) is 19.6. The van der Waals surface area contributed by atoms with Gasteiger partial charge < -0.3 is 4.74 Å². The summed E-state index contributed by atoms with van der Waals surface area (Å²) >= 11 is 0. The molecule has 151 valence electrons. The van der Waals surface area contributed by atoms with E-state index in [4.69, 9.17) is 4.74 Å². The van der Waals surface area contributed by atoms with E-state index in [-0.39, 0.29) is 18.1 Å². The zero-order valence-electron chi connectivity index (χ0n) is 16.6. The summed E-state index contributed by atoms with van der Waals surface area (Å²) in [6, 6.07) is 25.2. The molecular formula is C24H23BNO3S. The minimum absolute atomic E-state index is 0.0850. The van der Waals surface area contributed by atoms with Crippen LogP contribution in [0.1, 0.15) is 29.9 Å². The molecule has 0 saturated carbocycles. The summed E-state index contributed by atoms with van der Waals surface area (Å²) < 4.78 is 34.8. The molecule has 0 bridgehead atoms. The van der Waals surface area contributed by atoms with E-state index < -0.39 is 10.0 Å². The van der Waals surface area contributed by atoms with Gasteiger partial charge in [0.25, 0.3) is 0 Å². The quantitative estimate of drug-likeness (QED) is 0.665. The van der Waals surface area contributed by atoms with E-state index in [2.05, 4.69) is 60.5 Å². The molecule has 1 fully saturated rings. The Morgan fingerprint density at radius 2 is 1.43 bits per heavy atom. The standard InChI is InChI=1S/C24H23BNO3S/c27-30(28,18-8-2-1-3-9-18)26-17-14-15-29-23(16-17)24-19-10-4-6-12-21(19)25-22-13-7-5-11-20(22)24/h1-13,17,23-24,26H,14-16H2. The second-order valence-corrected chi connectivity index (χ2v) is 9.66. The second kappa shape index (κ2) is 8.02. The molecule has 1 radical (unpaired) electrons. The van der Waals surface area contributed by atoms with Crippen molar-refractivity contribution in [1.82, 2.24) is 4.72 Å². The van der Waals surface area contributed by atoms with Crippen molar-refractivity contribution in [2.45, 2.75) is 35.8 Å². The van der Waals surface area contributed by atoms with E-state index >= 15 is 0 Å². The SMILES string of the molecule is O=S(=O)(NC1CCOC(C2c3ccccc3[B]c3ccccc32)C1)c1ccccc1. The van der Waals surface area contributed by atoms with Gasteiger partial charge in [0.15, 0.2) is 7.28 Å². The van der Waals surface area contributed by atoms with Crippen LogP contribution in [0.5, 0.6) is 0 Å². The van der Waals surface area contributed by atoms with Crippen molar-refractivity contribution in [3.63, 3.8) is 0 Å². The molecule has 2 aliphatic heterocycles. The Morgan fingerprint density at radius 1 is 0.833 bits per heavy atom. The van der Waals surface area contributed by atoms with Crippen molar-refractivity contribution in [3.8, 4) is 0 Å². The highest BCUT2D eigenvalue weighted by molar-refractivity contribution is 7.89. The second-order valence-electron chi connectivity index (χ2n) is 7.94. The highest BCUT2D eigenvalue weighted by Gasteiger charge is 2.37. The normalized spacial score (nSPS) is 21.3. The molecular weight excluding hydrogens is 393 g/mol. The fourth-order valence-corrected chi connectivity index (χ4v) is 5.95. The van der Waals surface area contributed by atoms with Crippen LogP contribution in [0.4, 0.5) is 0 Å². The fraction of sp³-hybridized carbons (Fsp3) is 0.250. The molecule has 3 aromatic rings. The lowest BCUT2D eigenvalue weighted by molar-refractivity contribution is -0.00366. The van der Waals surface area contributed by atoms with Crippen LogP contribution in [0.3, 0.4) is 0 Å². The van der Waals surface area contributed by atoms with Crippen molar-refractivity contribution in [2.24, 2.45) is 0 Å². The lowest BCUT2D eigenvalue weighted by atomic mass is 9.53. The summed E-state index contributed by atoms with van der Waals surface area (Å²) in [6.07, 6.45) is 1.22. The molecule has 0 spiro atoms. The molecule has 5 rings (SSSR count). The molecule has 2 aliphatic rings. The van der Waals surface area contributed by atoms with E-state index in [0.29, 0.717) is 24.3 Å². The minimum Gasteiger partial charge on any atom is -0.377 e. The van der Waals surface area contributed by atoms with E-state index in [1.807, 2.05) is 6.07 Å². The van der Waals surface area contributed by atoms with Gasteiger partial charge in [-0.25, -0.2) is 13.1 Å². The average Bonchev–Trinajstić information content (AvgIpc) is 2.78. The average molecular weight is 416 g/mol. The Labute approximate surface area is 178 Å². The largest absolute Gasteiger partial charge is 0.377 e. The third kappa shape index (κ3) is 3.71. The molecule has 1 saturated heterocycles. The third-order valence-electron chi connectivity index (χ3n) is 6.04. The molecule has 2 heterocycles. The first-order valence-electron chi connectivity index (χ1n) is 10.3. The molecule has 30 heavy (non-hydrogen) atoms. The van der Waals surface area contributed by atoms with Crippen molar-refractivity contribution >= 4 is 28.2 Å². The first-order chi connectivity index (χ1) is 14.6. The zero-order chi connectivity index (χ0) is 20.6. The highest BCUT2D eigenvalue weighted by Crippen LogP contribution is 2.34. The molecule has 0 aliphatic carbocycles. The van der Waals surface area contributed by atoms with Gasteiger partial charge >= 0.3 is 0 Å². The first-order valence-corrected chi connectivity index (χ1v) is 11.8. The highest BCUT2D eigenvalue weighted by atomic mass is 32.2. The molecule has 0 amide bonds. The smallest absolute Gasteiger partial charge is 0.240 e. The Hall–Kier alpha value is -2.41. The number of rotatable bonds is 4. The van der Waals surface area contributed by atoms with Crippen LogP contribution < -0.4 is 15.6 Å². The van der Waals surface area contributed by atoms with Gasteiger partial charge in [0.1, 0.15) is 0 Å². The van der Waals surface area contributed by atoms with Gasteiger partial charge in [0.05, 0.1) is 11.0 Å². The summed E-state index contributed by atoms with van der Waals surface area (Å²) in [6.45, 7) is 0.539. The topological polar surface area (TPSA) is 55.4 Å². The van der Waals surface area contributed by atoms with Crippen molar-refractivity contribution < 1.29 is 13.2 Å². The minimum atomic E-state index is -3.55. The van der Waals surface area contributed by atoms with Crippen LogP contribution in [-0.4, -0.2) is 34.4 Å². The third-order valence-corrected chi connectivity index (χ3v) is 7.57. The molecule has 3 aromatic carbocycles. The summed E-state index contributed by atoms with van der Waals surface area (Å²) in [5.74, 6) is 0.0893. The Kier molecular flexibility index (Phi) is 5.23. The van der Waals surface area contributed by atoms with Crippen molar-refractivity contribution in [2.75, 3.05) is 6.61 Å². The molecule has 0 aromatic heterocycles. The van der Waals surface area contributed by atoms with Crippen LogP contribution in [0.25, 0.3) is 0 Å². The maximum atomic E-state index is 12.8. The van der Waals surface area contributed by atoms with Crippen molar-refractivity contribution in [1.29, 1.82) is 0 Å². The van der Waals surface area contributed by atoms with Gasteiger partial charge in [0.2, 0.25) is 10.0 Å². The lowest BCUT2D eigenvalue weighted by Crippen LogP contribution is -2.48. The van der Waals surface area contributed by atoms with Crippen LogP contribution in [0.2, 0.25) is 0 Å². The number of hydrogen-bond donors (Lipinski definition) is 1. The van der Waals surface area contributed by atoms with Gasteiger partial charge in [-0.05, 0) is 36.1 Å². The summed E-state index contributed by atoms with van der Waals surface area (Å²) in [4.78, 5) is 0.302. The Bertz CT molecular complexity index is 1100. The van der Waals surface area contributed by atoms with Gasteiger partial charge in [-0.3, -0.25) is 0 Å². The van der Waals surface area contributed by atoms with E-state index in [1.54, 1.807) is 24.3 Å². The van der Waals surface area contributed by atoms with Gasteiger partial charge in [-0.2, -0.15) is 0 Å². The van der Waals surface area contributed by atoms with Crippen LogP contribution >= 0.6 is 0 Å². The predicted octanol–water partition coefficient (Wildman–Crippen LogP) is 2.31. The van der Waals surface area contributed by atoms with Gasteiger partial charge in [-0.1, -0.05) is 77.7 Å².